The van der Waals surface area contributed by atoms with E-state index in [1.54, 1.807) is 7.11 Å². The molecular weight excluding hydrogens is 236 g/mol. The summed E-state index contributed by atoms with van der Waals surface area (Å²) in [7, 11) is 3.71. The van der Waals surface area contributed by atoms with Crippen molar-refractivity contribution in [2.45, 2.75) is 13.0 Å². The van der Waals surface area contributed by atoms with E-state index in [0.717, 1.165) is 22.7 Å². The molecule has 0 aliphatic carbocycles. The number of anilines is 2. The molecule has 0 fully saturated rings. The number of hydrogen-bond acceptors (Lipinski definition) is 3. The maximum Gasteiger partial charge on any atom is 0.120 e. The maximum atomic E-state index is 6.04. The van der Waals surface area contributed by atoms with Crippen molar-refractivity contribution in [3.8, 4) is 5.75 Å². The highest BCUT2D eigenvalue weighted by Crippen LogP contribution is 2.31. The molecule has 2 aromatic carbocycles. The third-order valence-electron chi connectivity index (χ3n) is 3.23. The van der Waals surface area contributed by atoms with E-state index in [1.165, 1.54) is 0 Å². The molecule has 1 atom stereocenters. The van der Waals surface area contributed by atoms with Crippen LogP contribution in [-0.4, -0.2) is 14.2 Å². The quantitative estimate of drug-likeness (QED) is 0.910. The normalized spacial score (nSPS) is 12.0. The number of ether oxygens (including phenoxy) is 1. The van der Waals surface area contributed by atoms with Gasteiger partial charge in [0.15, 0.2) is 0 Å². The van der Waals surface area contributed by atoms with Crippen LogP contribution in [0, 0.1) is 0 Å². The van der Waals surface area contributed by atoms with Crippen LogP contribution in [-0.2, 0) is 0 Å². The van der Waals surface area contributed by atoms with Crippen molar-refractivity contribution in [1.82, 2.24) is 0 Å². The van der Waals surface area contributed by atoms with Crippen molar-refractivity contribution in [3.63, 3.8) is 0 Å². The van der Waals surface area contributed by atoms with Crippen LogP contribution in [0.3, 0.4) is 0 Å². The number of rotatable bonds is 4. The van der Waals surface area contributed by atoms with Gasteiger partial charge in [-0.3, -0.25) is 0 Å². The zero-order valence-electron chi connectivity index (χ0n) is 11.6. The van der Waals surface area contributed by atoms with Gasteiger partial charge in [0.2, 0.25) is 0 Å². The number of methoxy groups -OCH3 is 1. The van der Waals surface area contributed by atoms with Gasteiger partial charge in [0.1, 0.15) is 5.75 Å². The Hall–Kier alpha value is -2.00. The highest BCUT2D eigenvalue weighted by atomic mass is 16.5. The Morgan fingerprint density at radius 1 is 1.11 bits per heavy atom. The first-order chi connectivity index (χ1) is 9.13. The lowest BCUT2D eigenvalue weighted by Gasteiger charge is -2.24. The topological polar surface area (TPSA) is 38.5 Å². The van der Waals surface area contributed by atoms with Gasteiger partial charge in [-0.1, -0.05) is 24.3 Å². The Morgan fingerprint density at radius 2 is 1.84 bits per heavy atom. The summed E-state index contributed by atoms with van der Waals surface area (Å²) in [6, 6.07) is 16.2. The number of nitrogens with two attached hydrogens (primary N) is 1. The molecule has 19 heavy (non-hydrogen) atoms. The van der Waals surface area contributed by atoms with Gasteiger partial charge in [-0.25, -0.2) is 0 Å². The molecule has 0 aliphatic heterocycles. The van der Waals surface area contributed by atoms with Gasteiger partial charge in [0.25, 0.3) is 0 Å². The molecule has 2 aromatic rings. The summed E-state index contributed by atoms with van der Waals surface area (Å²) in [6.07, 6.45) is 0. The zero-order chi connectivity index (χ0) is 13.8. The van der Waals surface area contributed by atoms with Crippen LogP contribution >= 0.6 is 0 Å². The molecule has 0 aliphatic rings. The average molecular weight is 256 g/mol. The van der Waals surface area contributed by atoms with Gasteiger partial charge < -0.3 is 15.4 Å². The maximum absolute atomic E-state index is 6.04. The SMILES string of the molecule is COc1cccc(N(C)c2ccccc2C(C)N)c1. The molecule has 0 spiro atoms. The van der Waals surface area contributed by atoms with Crippen LogP contribution in [0.15, 0.2) is 48.5 Å². The summed E-state index contributed by atoms with van der Waals surface area (Å²) >= 11 is 0. The number of para-hydroxylation sites is 1. The molecule has 1 unspecified atom stereocenters. The van der Waals surface area contributed by atoms with Crippen LogP contribution in [0.2, 0.25) is 0 Å². The molecule has 2 N–H and O–H groups in total. The van der Waals surface area contributed by atoms with E-state index in [2.05, 4.69) is 23.1 Å². The number of nitrogens with zero attached hydrogens (tertiary/aromatic N) is 1. The first-order valence-corrected chi connectivity index (χ1v) is 6.35. The number of hydrogen-bond donors (Lipinski definition) is 1. The third-order valence-corrected chi connectivity index (χ3v) is 3.23. The van der Waals surface area contributed by atoms with E-state index in [1.807, 2.05) is 44.3 Å². The van der Waals surface area contributed by atoms with E-state index < -0.39 is 0 Å². The monoisotopic (exact) mass is 256 g/mol. The second-order valence-corrected chi connectivity index (χ2v) is 4.61. The third kappa shape index (κ3) is 2.88. The lowest BCUT2D eigenvalue weighted by atomic mass is 10.1. The average Bonchev–Trinajstić information content (AvgIpc) is 2.46. The molecule has 0 aromatic heterocycles. The molecule has 100 valence electrons. The van der Waals surface area contributed by atoms with Gasteiger partial charge in [-0.05, 0) is 30.7 Å². The lowest BCUT2D eigenvalue weighted by molar-refractivity contribution is 0.415. The van der Waals surface area contributed by atoms with Crippen LogP contribution in [0.4, 0.5) is 11.4 Å². The van der Waals surface area contributed by atoms with Crippen molar-refractivity contribution in [1.29, 1.82) is 0 Å². The summed E-state index contributed by atoms with van der Waals surface area (Å²) in [5.74, 6) is 0.850. The largest absolute Gasteiger partial charge is 0.497 e. The fraction of sp³-hybridized carbons (Fsp3) is 0.250. The minimum atomic E-state index is 0.00394. The summed E-state index contributed by atoms with van der Waals surface area (Å²) in [4.78, 5) is 2.13. The molecule has 3 heteroatoms. The highest BCUT2D eigenvalue weighted by molar-refractivity contribution is 5.67. The summed E-state index contributed by atoms with van der Waals surface area (Å²) in [5, 5.41) is 0. The predicted octanol–water partition coefficient (Wildman–Crippen LogP) is 3.48. The summed E-state index contributed by atoms with van der Waals surface area (Å²) in [5.41, 5.74) is 9.36. The second-order valence-electron chi connectivity index (χ2n) is 4.61. The second kappa shape index (κ2) is 5.76. The Morgan fingerprint density at radius 3 is 2.53 bits per heavy atom. The van der Waals surface area contributed by atoms with Crippen LogP contribution < -0.4 is 15.4 Å². The first kappa shape index (κ1) is 13.4. The minimum Gasteiger partial charge on any atom is -0.497 e. The van der Waals surface area contributed by atoms with Gasteiger partial charge in [0, 0.05) is 30.5 Å². The van der Waals surface area contributed by atoms with Crippen LogP contribution in [0.1, 0.15) is 18.5 Å². The predicted molar refractivity (Wildman–Crippen MR) is 80.1 cm³/mol. The van der Waals surface area contributed by atoms with Gasteiger partial charge in [0.05, 0.1) is 7.11 Å². The standard InChI is InChI=1S/C16H20N2O/c1-12(17)15-9-4-5-10-16(15)18(2)13-7-6-8-14(11-13)19-3/h4-12H,17H2,1-3H3. The fourth-order valence-corrected chi connectivity index (χ4v) is 2.14. The first-order valence-electron chi connectivity index (χ1n) is 6.35. The van der Waals surface area contributed by atoms with E-state index in [4.69, 9.17) is 10.5 Å². The Bertz CT molecular complexity index is 552. The summed E-state index contributed by atoms with van der Waals surface area (Å²) in [6.45, 7) is 2.00. The highest BCUT2D eigenvalue weighted by Gasteiger charge is 2.11. The van der Waals surface area contributed by atoms with E-state index in [9.17, 15) is 0 Å². The Labute approximate surface area is 114 Å². The molecule has 0 saturated carbocycles. The van der Waals surface area contributed by atoms with Crippen molar-refractivity contribution < 1.29 is 4.74 Å². The molecule has 3 nitrogen and oxygen atoms in total. The molecule has 2 rings (SSSR count). The summed E-state index contributed by atoms with van der Waals surface area (Å²) < 4.78 is 5.27. The smallest absolute Gasteiger partial charge is 0.120 e. The zero-order valence-corrected chi connectivity index (χ0v) is 11.6. The molecule has 0 heterocycles. The minimum absolute atomic E-state index is 0.00394. The Balaban J connectivity index is 2.40. The molecule has 0 amide bonds. The molecular formula is C16H20N2O. The van der Waals surface area contributed by atoms with Gasteiger partial charge in [-0.2, -0.15) is 0 Å². The van der Waals surface area contributed by atoms with Crippen molar-refractivity contribution in [3.05, 3.63) is 54.1 Å². The van der Waals surface area contributed by atoms with Crippen molar-refractivity contribution in [2.24, 2.45) is 5.73 Å². The van der Waals surface area contributed by atoms with Crippen LogP contribution in [0.25, 0.3) is 0 Å². The van der Waals surface area contributed by atoms with Crippen molar-refractivity contribution >= 4 is 11.4 Å². The van der Waals surface area contributed by atoms with E-state index >= 15 is 0 Å². The lowest BCUT2D eigenvalue weighted by Crippen LogP contribution is -2.15. The fourth-order valence-electron chi connectivity index (χ4n) is 2.14. The van der Waals surface area contributed by atoms with Gasteiger partial charge >= 0.3 is 0 Å². The number of benzene rings is 2. The molecule has 0 radical (unpaired) electrons. The van der Waals surface area contributed by atoms with Crippen molar-refractivity contribution in [2.75, 3.05) is 19.1 Å². The Kier molecular flexibility index (Phi) is 4.07. The van der Waals surface area contributed by atoms with E-state index in [0.29, 0.717) is 0 Å². The molecule has 0 bridgehead atoms. The van der Waals surface area contributed by atoms with E-state index in [-0.39, 0.29) is 6.04 Å². The molecule has 0 saturated heterocycles. The van der Waals surface area contributed by atoms with Crippen LogP contribution in [0.5, 0.6) is 5.75 Å². The van der Waals surface area contributed by atoms with Gasteiger partial charge in [-0.15, -0.1) is 0 Å².